The highest BCUT2D eigenvalue weighted by molar-refractivity contribution is 6.11. The fourth-order valence-corrected chi connectivity index (χ4v) is 1.27. The average molecular weight is 267 g/mol. The Balaban J connectivity index is 2.98. The Labute approximate surface area is 109 Å². The van der Waals surface area contributed by atoms with Gasteiger partial charge in [-0.15, -0.1) is 0 Å². The van der Waals surface area contributed by atoms with Gasteiger partial charge in [0.05, 0.1) is 0 Å². The van der Waals surface area contributed by atoms with Crippen LogP contribution in [0.3, 0.4) is 0 Å². The van der Waals surface area contributed by atoms with Crippen molar-refractivity contribution in [2.24, 2.45) is 5.11 Å². The lowest BCUT2D eigenvalue weighted by Gasteiger charge is -2.21. The number of carbonyl (C=O) groups is 2. The normalized spacial score (nSPS) is 12.6. The maximum atomic E-state index is 13.4. The van der Waals surface area contributed by atoms with E-state index in [-0.39, 0.29) is 0 Å². The lowest BCUT2D eigenvalue weighted by molar-refractivity contribution is -0.155. The van der Waals surface area contributed by atoms with E-state index in [0.717, 1.165) is 6.07 Å². The van der Waals surface area contributed by atoms with Crippen LogP contribution in [0.1, 0.15) is 31.3 Å². The van der Waals surface area contributed by atoms with E-state index in [9.17, 15) is 14.0 Å². The molecule has 102 valence electrons. The lowest BCUT2D eigenvalue weighted by Crippen LogP contribution is -2.36. The van der Waals surface area contributed by atoms with Gasteiger partial charge < -0.3 is 4.74 Å². The molecule has 1 aromatic heterocycles. The molecule has 6 nitrogen and oxygen atoms in total. The van der Waals surface area contributed by atoms with Gasteiger partial charge in [0, 0.05) is 6.20 Å². The zero-order chi connectivity index (χ0) is 14.6. The third kappa shape index (κ3) is 3.90. The van der Waals surface area contributed by atoms with Crippen molar-refractivity contribution >= 4 is 11.8 Å². The second-order valence-electron chi connectivity index (χ2n) is 4.76. The summed E-state index contributed by atoms with van der Waals surface area (Å²) in [6.07, 6.45) is 1.21. The van der Waals surface area contributed by atoms with Crippen LogP contribution in [0.4, 0.5) is 4.39 Å². The maximum Gasteiger partial charge on any atom is 0.341 e. The fraction of sp³-hybridized carbons (Fsp3) is 0.417. The van der Waals surface area contributed by atoms with Crippen LogP contribution in [0.2, 0.25) is 0 Å². The molecule has 0 radical (unpaired) electrons. The molecule has 0 saturated heterocycles. The summed E-state index contributed by atoms with van der Waals surface area (Å²) in [7, 11) is 0. The van der Waals surface area contributed by atoms with Crippen molar-refractivity contribution < 1.29 is 18.7 Å². The van der Waals surface area contributed by atoms with Crippen molar-refractivity contribution in [1.29, 1.82) is 5.53 Å². The molecule has 7 heteroatoms. The van der Waals surface area contributed by atoms with Crippen molar-refractivity contribution in [2.75, 3.05) is 0 Å². The second-order valence-corrected chi connectivity index (χ2v) is 4.76. The van der Waals surface area contributed by atoms with Gasteiger partial charge in [0.2, 0.25) is 11.8 Å². The molecule has 1 aromatic rings. The molecule has 1 N–H and O–H groups in total. The number of nitrogens with zero attached hydrogens (tertiary/aromatic N) is 2. The SMILES string of the molecule is CC(C)(C)OC(=O)C(N=N)C(=O)c1ncccc1F. The molecule has 0 spiro atoms. The fourth-order valence-electron chi connectivity index (χ4n) is 1.27. The number of aromatic nitrogens is 1. The van der Waals surface area contributed by atoms with Gasteiger partial charge >= 0.3 is 5.97 Å². The topological polar surface area (TPSA) is 92.5 Å². The number of halogens is 1. The Hall–Kier alpha value is -2.18. The smallest absolute Gasteiger partial charge is 0.341 e. The molecule has 1 unspecified atom stereocenters. The minimum absolute atomic E-state index is 0.533. The van der Waals surface area contributed by atoms with Crippen molar-refractivity contribution in [3.8, 4) is 0 Å². The molecule has 1 heterocycles. The largest absolute Gasteiger partial charge is 0.458 e. The molecule has 0 bridgehead atoms. The number of hydrogen-bond donors (Lipinski definition) is 1. The van der Waals surface area contributed by atoms with Crippen LogP contribution in [-0.4, -0.2) is 28.4 Å². The molecular weight excluding hydrogens is 253 g/mol. The molecule has 0 aliphatic carbocycles. The molecular formula is C12H14FN3O3. The first kappa shape index (κ1) is 14.9. The minimum Gasteiger partial charge on any atom is -0.458 e. The Morgan fingerprint density at radius 2 is 2.11 bits per heavy atom. The Morgan fingerprint density at radius 3 is 2.58 bits per heavy atom. The number of hydrogen-bond acceptors (Lipinski definition) is 6. The highest BCUT2D eigenvalue weighted by atomic mass is 19.1. The number of pyridine rings is 1. The predicted octanol–water partition coefficient (Wildman–Crippen LogP) is 2.14. The summed E-state index contributed by atoms with van der Waals surface area (Å²) in [5.41, 5.74) is 5.54. The third-order valence-electron chi connectivity index (χ3n) is 2.00. The van der Waals surface area contributed by atoms with Crippen molar-refractivity contribution in [3.05, 3.63) is 29.8 Å². The number of ether oxygens (including phenoxy) is 1. The number of Topliss-reactive ketones (excluding diaryl/α,β-unsaturated/α-hetero) is 1. The van der Waals surface area contributed by atoms with Crippen LogP contribution < -0.4 is 0 Å². The van der Waals surface area contributed by atoms with E-state index in [1.165, 1.54) is 12.3 Å². The first-order valence-electron chi connectivity index (χ1n) is 5.50. The summed E-state index contributed by atoms with van der Waals surface area (Å²) in [6.45, 7) is 4.83. The molecule has 0 amide bonds. The molecule has 0 aliphatic heterocycles. The van der Waals surface area contributed by atoms with E-state index in [1.807, 2.05) is 0 Å². The van der Waals surface area contributed by atoms with Gasteiger partial charge in [-0.2, -0.15) is 5.11 Å². The molecule has 0 aromatic carbocycles. The minimum atomic E-state index is -1.73. The summed E-state index contributed by atoms with van der Waals surface area (Å²) in [5.74, 6) is -2.87. The standard InChI is InChI=1S/C12H14FN3O3/c1-12(2,3)19-11(18)9(16-14)10(17)8-7(13)5-4-6-15-8/h4-6,9,14H,1-3H3. The van der Waals surface area contributed by atoms with E-state index in [0.29, 0.717) is 0 Å². The van der Waals surface area contributed by atoms with Gasteiger partial charge in [-0.3, -0.25) is 4.79 Å². The maximum absolute atomic E-state index is 13.4. The first-order chi connectivity index (χ1) is 8.76. The molecule has 0 aliphatic rings. The number of rotatable bonds is 4. The summed E-state index contributed by atoms with van der Waals surface area (Å²) in [4.78, 5) is 27.2. The van der Waals surface area contributed by atoms with Crippen LogP contribution in [0, 0.1) is 11.3 Å². The van der Waals surface area contributed by atoms with Gasteiger partial charge in [0.1, 0.15) is 11.3 Å². The van der Waals surface area contributed by atoms with Gasteiger partial charge in [-0.25, -0.2) is 19.7 Å². The zero-order valence-electron chi connectivity index (χ0n) is 10.8. The molecule has 19 heavy (non-hydrogen) atoms. The summed E-state index contributed by atoms with van der Waals surface area (Å²) < 4.78 is 18.3. The number of carbonyl (C=O) groups excluding carboxylic acids is 2. The summed E-state index contributed by atoms with van der Waals surface area (Å²) in [6, 6.07) is 0.617. The molecule has 0 saturated carbocycles. The Morgan fingerprint density at radius 1 is 1.47 bits per heavy atom. The van der Waals surface area contributed by atoms with Crippen LogP contribution in [0.25, 0.3) is 0 Å². The van der Waals surface area contributed by atoms with E-state index >= 15 is 0 Å². The molecule has 1 atom stereocenters. The lowest BCUT2D eigenvalue weighted by atomic mass is 10.1. The molecule has 0 fully saturated rings. The van der Waals surface area contributed by atoms with Gasteiger partial charge in [-0.1, -0.05) is 0 Å². The Kier molecular flexibility index (Phi) is 4.42. The van der Waals surface area contributed by atoms with Gasteiger partial charge in [0.25, 0.3) is 0 Å². The quantitative estimate of drug-likeness (QED) is 0.391. The number of ketones is 1. The number of nitrogens with one attached hydrogen (secondary N) is 1. The van der Waals surface area contributed by atoms with Crippen LogP contribution in [-0.2, 0) is 9.53 Å². The van der Waals surface area contributed by atoms with Gasteiger partial charge in [-0.05, 0) is 32.9 Å². The predicted molar refractivity (Wildman–Crippen MR) is 63.3 cm³/mol. The first-order valence-corrected chi connectivity index (χ1v) is 5.50. The monoisotopic (exact) mass is 267 g/mol. The highest BCUT2D eigenvalue weighted by Gasteiger charge is 2.33. The zero-order valence-corrected chi connectivity index (χ0v) is 10.8. The van der Waals surface area contributed by atoms with E-state index in [4.69, 9.17) is 10.3 Å². The Bertz CT molecular complexity index is 511. The van der Waals surface area contributed by atoms with Gasteiger partial charge in [0.15, 0.2) is 5.82 Å². The van der Waals surface area contributed by atoms with Crippen LogP contribution in [0.15, 0.2) is 23.4 Å². The van der Waals surface area contributed by atoms with E-state index < -0.39 is 34.9 Å². The second kappa shape index (κ2) is 5.64. The van der Waals surface area contributed by atoms with Crippen molar-refractivity contribution in [2.45, 2.75) is 32.4 Å². The van der Waals surface area contributed by atoms with E-state index in [2.05, 4.69) is 10.1 Å². The van der Waals surface area contributed by atoms with Crippen LogP contribution in [0.5, 0.6) is 0 Å². The summed E-state index contributed by atoms with van der Waals surface area (Å²) in [5, 5.41) is 2.91. The van der Waals surface area contributed by atoms with E-state index in [1.54, 1.807) is 20.8 Å². The van der Waals surface area contributed by atoms with Crippen molar-refractivity contribution in [3.63, 3.8) is 0 Å². The van der Waals surface area contributed by atoms with Crippen molar-refractivity contribution in [1.82, 2.24) is 4.98 Å². The summed E-state index contributed by atoms with van der Waals surface area (Å²) >= 11 is 0. The highest BCUT2D eigenvalue weighted by Crippen LogP contribution is 2.14. The average Bonchev–Trinajstić information content (AvgIpc) is 2.27. The third-order valence-corrected chi connectivity index (χ3v) is 2.00. The number of esters is 1. The molecule has 1 rings (SSSR count). The van der Waals surface area contributed by atoms with Crippen LogP contribution >= 0.6 is 0 Å².